The molecule has 0 N–H and O–H groups in total. The van der Waals surface area contributed by atoms with Gasteiger partial charge in [0.15, 0.2) is 0 Å². The summed E-state index contributed by atoms with van der Waals surface area (Å²) < 4.78 is 5.62. The van der Waals surface area contributed by atoms with Gasteiger partial charge in [-0.15, -0.1) is 0 Å². The Morgan fingerprint density at radius 2 is 2.08 bits per heavy atom. The Balaban J connectivity index is 2.85. The first-order chi connectivity index (χ1) is 5.65. The lowest BCUT2D eigenvalue weighted by molar-refractivity contribution is 0.477. The molecule has 1 heterocycles. The average molecular weight is 166 g/mol. The van der Waals surface area contributed by atoms with Crippen LogP contribution >= 0.6 is 0 Å². The summed E-state index contributed by atoms with van der Waals surface area (Å²) in [5.74, 6) is 2.81. The highest BCUT2D eigenvalue weighted by Crippen LogP contribution is 2.23. The Kier molecular flexibility index (Phi) is 2.96. The fraction of sp³-hybridized carbons (Fsp3) is 0.636. The van der Waals surface area contributed by atoms with Crippen LogP contribution in [0.15, 0.2) is 10.5 Å². The van der Waals surface area contributed by atoms with Crippen molar-refractivity contribution in [2.24, 2.45) is 0 Å². The van der Waals surface area contributed by atoms with Crippen LogP contribution in [0.3, 0.4) is 0 Å². The van der Waals surface area contributed by atoms with Gasteiger partial charge in [0, 0.05) is 6.42 Å². The van der Waals surface area contributed by atoms with E-state index in [9.17, 15) is 0 Å². The molecule has 0 radical (unpaired) electrons. The Bertz CT molecular complexity index is 246. The molecule has 68 valence electrons. The van der Waals surface area contributed by atoms with Gasteiger partial charge in [0.25, 0.3) is 0 Å². The minimum Gasteiger partial charge on any atom is -0.466 e. The molecule has 0 unspecified atom stereocenters. The minimum absolute atomic E-state index is 0.583. The highest BCUT2D eigenvalue weighted by atomic mass is 16.3. The van der Waals surface area contributed by atoms with E-state index in [4.69, 9.17) is 4.42 Å². The molecule has 0 amide bonds. The monoisotopic (exact) mass is 166 g/mol. The van der Waals surface area contributed by atoms with Crippen LogP contribution in [0.25, 0.3) is 0 Å². The molecule has 1 aromatic heterocycles. The van der Waals surface area contributed by atoms with Crippen LogP contribution in [0.2, 0.25) is 0 Å². The van der Waals surface area contributed by atoms with Crippen molar-refractivity contribution in [2.45, 2.75) is 46.5 Å². The van der Waals surface area contributed by atoms with Gasteiger partial charge in [-0.2, -0.15) is 0 Å². The molecular formula is C11H18O. The van der Waals surface area contributed by atoms with Crippen LogP contribution in [0.5, 0.6) is 0 Å². The van der Waals surface area contributed by atoms with Crippen molar-refractivity contribution >= 4 is 0 Å². The van der Waals surface area contributed by atoms with Gasteiger partial charge >= 0.3 is 0 Å². The number of aryl methyl sites for hydroxylation is 2. The SMILES string of the molecule is CCCc1cc(C(C)C)c(C)o1. The van der Waals surface area contributed by atoms with Gasteiger partial charge in [-0.3, -0.25) is 0 Å². The Hall–Kier alpha value is -0.720. The van der Waals surface area contributed by atoms with Crippen molar-refractivity contribution < 1.29 is 4.42 Å². The molecule has 1 nitrogen and oxygen atoms in total. The molecule has 0 aliphatic rings. The number of hydrogen-bond acceptors (Lipinski definition) is 1. The van der Waals surface area contributed by atoms with Crippen molar-refractivity contribution in [1.29, 1.82) is 0 Å². The first-order valence-corrected chi connectivity index (χ1v) is 4.74. The normalized spacial score (nSPS) is 11.1. The van der Waals surface area contributed by atoms with Crippen LogP contribution < -0.4 is 0 Å². The minimum atomic E-state index is 0.583. The van der Waals surface area contributed by atoms with Gasteiger partial charge < -0.3 is 4.42 Å². The highest BCUT2D eigenvalue weighted by molar-refractivity contribution is 5.23. The summed E-state index contributed by atoms with van der Waals surface area (Å²) in [7, 11) is 0. The summed E-state index contributed by atoms with van der Waals surface area (Å²) >= 11 is 0. The second-order valence-corrected chi connectivity index (χ2v) is 3.63. The molecule has 1 rings (SSSR count). The quantitative estimate of drug-likeness (QED) is 0.667. The van der Waals surface area contributed by atoms with E-state index in [-0.39, 0.29) is 0 Å². The van der Waals surface area contributed by atoms with E-state index >= 15 is 0 Å². The van der Waals surface area contributed by atoms with Crippen molar-refractivity contribution in [3.63, 3.8) is 0 Å². The van der Waals surface area contributed by atoms with Crippen LogP contribution in [0, 0.1) is 6.92 Å². The predicted molar refractivity (Wildman–Crippen MR) is 51.5 cm³/mol. The fourth-order valence-corrected chi connectivity index (χ4v) is 1.50. The summed E-state index contributed by atoms with van der Waals surface area (Å²) in [6, 6.07) is 2.20. The molecule has 0 saturated carbocycles. The van der Waals surface area contributed by atoms with E-state index in [2.05, 4.69) is 33.8 Å². The van der Waals surface area contributed by atoms with Crippen molar-refractivity contribution in [1.82, 2.24) is 0 Å². The zero-order valence-electron chi connectivity index (χ0n) is 8.48. The van der Waals surface area contributed by atoms with Gasteiger partial charge in [0.2, 0.25) is 0 Å². The molecule has 12 heavy (non-hydrogen) atoms. The summed E-state index contributed by atoms with van der Waals surface area (Å²) in [6.45, 7) is 8.63. The lowest BCUT2D eigenvalue weighted by atomic mass is 10.0. The van der Waals surface area contributed by atoms with Gasteiger partial charge in [0.1, 0.15) is 11.5 Å². The Morgan fingerprint density at radius 3 is 2.50 bits per heavy atom. The number of hydrogen-bond donors (Lipinski definition) is 0. The van der Waals surface area contributed by atoms with E-state index in [1.807, 2.05) is 0 Å². The van der Waals surface area contributed by atoms with E-state index in [1.54, 1.807) is 0 Å². The Labute approximate surface area is 74.8 Å². The van der Waals surface area contributed by atoms with Crippen LogP contribution in [-0.4, -0.2) is 0 Å². The zero-order valence-corrected chi connectivity index (χ0v) is 8.48. The molecule has 1 aromatic rings. The van der Waals surface area contributed by atoms with E-state index in [0.717, 1.165) is 24.4 Å². The van der Waals surface area contributed by atoms with Crippen molar-refractivity contribution in [3.05, 3.63) is 23.2 Å². The van der Waals surface area contributed by atoms with Crippen molar-refractivity contribution in [2.75, 3.05) is 0 Å². The molecular weight excluding hydrogens is 148 g/mol. The summed E-state index contributed by atoms with van der Waals surface area (Å²) in [5.41, 5.74) is 1.36. The maximum absolute atomic E-state index is 5.62. The first-order valence-electron chi connectivity index (χ1n) is 4.74. The van der Waals surface area contributed by atoms with Gasteiger partial charge in [0.05, 0.1) is 0 Å². The second kappa shape index (κ2) is 3.79. The van der Waals surface area contributed by atoms with Gasteiger partial charge in [-0.25, -0.2) is 0 Å². The summed E-state index contributed by atoms with van der Waals surface area (Å²) in [5, 5.41) is 0. The smallest absolute Gasteiger partial charge is 0.104 e. The first kappa shape index (κ1) is 9.37. The molecule has 0 atom stereocenters. The molecule has 0 fully saturated rings. The van der Waals surface area contributed by atoms with E-state index in [1.165, 1.54) is 5.56 Å². The van der Waals surface area contributed by atoms with Crippen LogP contribution in [0.1, 0.15) is 50.2 Å². The maximum Gasteiger partial charge on any atom is 0.104 e. The largest absolute Gasteiger partial charge is 0.466 e. The third-order valence-electron chi connectivity index (χ3n) is 2.13. The molecule has 0 aromatic carbocycles. The third-order valence-corrected chi connectivity index (χ3v) is 2.13. The van der Waals surface area contributed by atoms with Crippen LogP contribution in [-0.2, 0) is 6.42 Å². The predicted octanol–water partition coefficient (Wildman–Crippen LogP) is 3.66. The fourth-order valence-electron chi connectivity index (χ4n) is 1.50. The molecule has 0 bridgehead atoms. The second-order valence-electron chi connectivity index (χ2n) is 3.63. The molecule has 0 spiro atoms. The number of rotatable bonds is 3. The Morgan fingerprint density at radius 1 is 1.42 bits per heavy atom. The van der Waals surface area contributed by atoms with Gasteiger partial charge in [-0.1, -0.05) is 20.8 Å². The topological polar surface area (TPSA) is 13.1 Å². The molecule has 1 heteroatoms. The number of furan rings is 1. The summed E-state index contributed by atoms with van der Waals surface area (Å²) in [4.78, 5) is 0. The van der Waals surface area contributed by atoms with E-state index < -0.39 is 0 Å². The standard InChI is InChI=1S/C11H18O/c1-5-6-10-7-11(8(2)3)9(4)12-10/h7-8H,5-6H2,1-4H3. The molecule has 0 aliphatic heterocycles. The van der Waals surface area contributed by atoms with Crippen LogP contribution in [0.4, 0.5) is 0 Å². The third kappa shape index (κ3) is 1.90. The lowest BCUT2D eigenvalue weighted by Gasteiger charge is -1.99. The maximum atomic E-state index is 5.62. The zero-order chi connectivity index (χ0) is 9.14. The molecule has 0 aliphatic carbocycles. The van der Waals surface area contributed by atoms with E-state index in [0.29, 0.717) is 5.92 Å². The average Bonchev–Trinajstić information content (AvgIpc) is 2.32. The lowest BCUT2D eigenvalue weighted by Crippen LogP contribution is -1.85. The summed E-state index contributed by atoms with van der Waals surface area (Å²) in [6.07, 6.45) is 2.22. The highest BCUT2D eigenvalue weighted by Gasteiger charge is 2.09. The van der Waals surface area contributed by atoms with Gasteiger partial charge in [-0.05, 0) is 30.9 Å². The molecule has 0 saturated heterocycles. The van der Waals surface area contributed by atoms with Crippen molar-refractivity contribution in [3.8, 4) is 0 Å².